The number of halogens is 1. The van der Waals surface area contributed by atoms with Crippen molar-refractivity contribution in [2.45, 2.75) is 0 Å². The van der Waals surface area contributed by atoms with Crippen molar-refractivity contribution >= 4 is 27.6 Å². The fourth-order valence-electron chi connectivity index (χ4n) is 1.00. The number of carbonyl (C=O) groups is 1. The van der Waals surface area contributed by atoms with Crippen LogP contribution in [0.15, 0.2) is 28.7 Å². The monoisotopic (exact) mass is 242 g/mol. The largest absolute Gasteiger partial charge is 0.341 e. The van der Waals surface area contributed by atoms with Gasteiger partial charge in [0.15, 0.2) is 0 Å². The molecule has 4 heteroatoms. The zero-order chi connectivity index (χ0) is 9.84. The number of nitrogens with one attached hydrogen (secondary N) is 1. The molecule has 3 nitrogen and oxygen atoms in total. The van der Waals surface area contributed by atoms with E-state index in [1.54, 1.807) is 19.0 Å². The van der Waals surface area contributed by atoms with Crippen LogP contribution in [0, 0.1) is 0 Å². The van der Waals surface area contributed by atoms with E-state index in [1.165, 1.54) is 0 Å². The van der Waals surface area contributed by atoms with Crippen molar-refractivity contribution in [3.05, 3.63) is 28.7 Å². The normalized spacial score (nSPS) is 9.46. The van der Waals surface area contributed by atoms with Crippen molar-refractivity contribution in [1.29, 1.82) is 0 Å². The summed E-state index contributed by atoms with van der Waals surface area (Å²) in [6.45, 7) is 0. The fraction of sp³-hybridized carbons (Fsp3) is 0.222. The van der Waals surface area contributed by atoms with E-state index in [2.05, 4.69) is 21.2 Å². The molecule has 0 aliphatic heterocycles. The van der Waals surface area contributed by atoms with E-state index in [0.717, 1.165) is 10.2 Å². The van der Waals surface area contributed by atoms with Crippen LogP contribution in [-0.4, -0.2) is 20.1 Å². The highest BCUT2D eigenvalue weighted by atomic mass is 79.9. The third kappa shape index (κ3) is 2.21. The van der Waals surface area contributed by atoms with Crippen molar-refractivity contribution in [3.63, 3.8) is 0 Å². The van der Waals surface area contributed by atoms with Gasteiger partial charge < -0.3 is 5.32 Å². The van der Waals surface area contributed by atoms with Crippen LogP contribution in [0.3, 0.4) is 0 Å². The average molecular weight is 243 g/mol. The summed E-state index contributed by atoms with van der Waals surface area (Å²) in [6.07, 6.45) is 0. The SMILES string of the molecule is CNC(=O)N(C)c1ccccc1Br. The smallest absolute Gasteiger partial charge is 0.321 e. The maximum atomic E-state index is 11.3. The Morgan fingerprint density at radius 2 is 2.08 bits per heavy atom. The van der Waals surface area contributed by atoms with E-state index >= 15 is 0 Å². The van der Waals surface area contributed by atoms with Gasteiger partial charge in [-0.1, -0.05) is 12.1 Å². The molecular formula is C9H11BrN2O. The summed E-state index contributed by atoms with van der Waals surface area (Å²) in [5.74, 6) is 0. The molecule has 2 amide bonds. The quantitative estimate of drug-likeness (QED) is 0.805. The highest BCUT2D eigenvalue weighted by molar-refractivity contribution is 9.10. The molecule has 0 unspecified atom stereocenters. The van der Waals surface area contributed by atoms with Crippen molar-refractivity contribution in [3.8, 4) is 0 Å². The summed E-state index contributed by atoms with van der Waals surface area (Å²) >= 11 is 3.37. The Bertz CT molecular complexity index is 314. The summed E-state index contributed by atoms with van der Waals surface area (Å²) in [4.78, 5) is 12.8. The summed E-state index contributed by atoms with van der Waals surface area (Å²) in [5, 5.41) is 2.56. The molecule has 0 saturated heterocycles. The molecular weight excluding hydrogens is 232 g/mol. The number of hydrogen-bond donors (Lipinski definition) is 1. The Morgan fingerprint density at radius 1 is 1.46 bits per heavy atom. The molecule has 0 fully saturated rings. The fourth-order valence-corrected chi connectivity index (χ4v) is 1.55. The molecule has 0 aliphatic carbocycles. The van der Waals surface area contributed by atoms with Gasteiger partial charge in [-0.25, -0.2) is 4.79 Å². The summed E-state index contributed by atoms with van der Waals surface area (Å²) in [7, 11) is 3.33. The van der Waals surface area contributed by atoms with Crippen LogP contribution in [0.1, 0.15) is 0 Å². The van der Waals surface area contributed by atoms with E-state index in [4.69, 9.17) is 0 Å². The number of anilines is 1. The van der Waals surface area contributed by atoms with E-state index in [-0.39, 0.29) is 6.03 Å². The van der Waals surface area contributed by atoms with Crippen LogP contribution >= 0.6 is 15.9 Å². The second-order valence-electron chi connectivity index (χ2n) is 2.57. The van der Waals surface area contributed by atoms with Gasteiger partial charge in [-0.05, 0) is 28.1 Å². The number of nitrogens with zero attached hydrogens (tertiary/aromatic N) is 1. The first-order valence-electron chi connectivity index (χ1n) is 3.86. The maximum absolute atomic E-state index is 11.3. The number of amides is 2. The van der Waals surface area contributed by atoms with Crippen LogP contribution in [0.4, 0.5) is 10.5 Å². The summed E-state index contributed by atoms with van der Waals surface area (Å²) in [5.41, 5.74) is 0.849. The maximum Gasteiger partial charge on any atom is 0.321 e. The van der Waals surface area contributed by atoms with Crippen LogP contribution in [0.25, 0.3) is 0 Å². The first-order valence-corrected chi connectivity index (χ1v) is 4.66. The van der Waals surface area contributed by atoms with E-state index in [0.29, 0.717) is 0 Å². The third-order valence-corrected chi connectivity index (χ3v) is 2.40. The highest BCUT2D eigenvalue weighted by Gasteiger charge is 2.10. The van der Waals surface area contributed by atoms with Gasteiger partial charge in [0, 0.05) is 18.6 Å². The van der Waals surface area contributed by atoms with Crippen LogP contribution < -0.4 is 10.2 Å². The van der Waals surface area contributed by atoms with Crippen molar-refractivity contribution < 1.29 is 4.79 Å². The molecule has 1 aromatic carbocycles. The molecule has 13 heavy (non-hydrogen) atoms. The second-order valence-corrected chi connectivity index (χ2v) is 3.42. The summed E-state index contributed by atoms with van der Waals surface area (Å²) in [6, 6.07) is 7.44. The van der Waals surface area contributed by atoms with Gasteiger partial charge in [0.05, 0.1) is 5.69 Å². The molecule has 70 valence electrons. The molecule has 0 atom stereocenters. The molecule has 0 aromatic heterocycles. The Labute approximate surface area is 85.9 Å². The number of carbonyl (C=O) groups excluding carboxylic acids is 1. The van der Waals surface area contributed by atoms with E-state index in [9.17, 15) is 4.79 Å². The van der Waals surface area contributed by atoms with Gasteiger partial charge in [-0.2, -0.15) is 0 Å². The van der Waals surface area contributed by atoms with Crippen LogP contribution in [-0.2, 0) is 0 Å². The first kappa shape index (κ1) is 10.1. The molecule has 0 aliphatic rings. The van der Waals surface area contributed by atoms with Crippen LogP contribution in [0.5, 0.6) is 0 Å². The first-order chi connectivity index (χ1) is 6.16. The van der Waals surface area contributed by atoms with Gasteiger partial charge in [0.2, 0.25) is 0 Å². The standard InChI is InChI=1S/C9H11BrN2O/c1-11-9(13)12(2)8-6-4-3-5-7(8)10/h3-6H,1-2H3,(H,11,13). The van der Waals surface area contributed by atoms with Crippen LogP contribution in [0.2, 0.25) is 0 Å². The zero-order valence-electron chi connectivity index (χ0n) is 7.54. The number of para-hydroxylation sites is 1. The Kier molecular flexibility index (Phi) is 3.31. The number of urea groups is 1. The Balaban J connectivity index is 2.95. The highest BCUT2D eigenvalue weighted by Crippen LogP contribution is 2.24. The summed E-state index contributed by atoms with van der Waals surface area (Å²) < 4.78 is 0.904. The van der Waals surface area contributed by atoms with Crippen molar-refractivity contribution in [2.24, 2.45) is 0 Å². The Morgan fingerprint density at radius 3 is 2.62 bits per heavy atom. The van der Waals surface area contributed by atoms with Gasteiger partial charge in [-0.15, -0.1) is 0 Å². The lowest BCUT2D eigenvalue weighted by atomic mass is 10.3. The van der Waals surface area contributed by atoms with E-state index in [1.807, 2.05) is 24.3 Å². The zero-order valence-corrected chi connectivity index (χ0v) is 9.13. The van der Waals surface area contributed by atoms with Gasteiger partial charge >= 0.3 is 6.03 Å². The molecule has 0 radical (unpaired) electrons. The Hall–Kier alpha value is -1.03. The molecule has 0 spiro atoms. The number of hydrogen-bond acceptors (Lipinski definition) is 1. The average Bonchev–Trinajstić information content (AvgIpc) is 2.16. The van der Waals surface area contributed by atoms with Gasteiger partial charge in [0.1, 0.15) is 0 Å². The van der Waals surface area contributed by atoms with Gasteiger partial charge in [-0.3, -0.25) is 4.90 Å². The molecule has 1 rings (SSSR count). The lowest BCUT2D eigenvalue weighted by molar-refractivity contribution is 0.249. The van der Waals surface area contributed by atoms with Gasteiger partial charge in [0.25, 0.3) is 0 Å². The number of benzene rings is 1. The molecule has 1 N–H and O–H groups in total. The molecule has 0 saturated carbocycles. The third-order valence-electron chi connectivity index (χ3n) is 1.73. The lowest BCUT2D eigenvalue weighted by Gasteiger charge is -2.17. The minimum Gasteiger partial charge on any atom is -0.341 e. The lowest BCUT2D eigenvalue weighted by Crippen LogP contribution is -2.34. The molecule has 1 aromatic rings. The minimum atomic E-state index is -0.132. The molecule has 0 bridgehead atoms. The predicted octanol–water partition coefficient (Wildman–Crippen LogP) is 2.22. The predicted molar refractivity (Wildman–Crippen MR) is 57.0 cm³/mol. The second kappa shape index (κ2) is 4.28. The number of rotatable bonds is 1. The van der Waals surface area contributed by atoms with Crippen molar-refractivity contribution in [2.75, 3.05) is 19.0 Å². The topological polar surface area (TPSA) is 32.3 Å². The van der Waals surface area contributed by atoms with E-state index < -0.39 is 0 Å². The van der Waals surface area contributed by atoms with Crippen molar-refractivity contribution in [1.82, 2.24) is 5.32 Å². The minimum absolute atomic E-state index is 0.132. The molecule has 0 heterocycles.